The van der Waals surface area contributed by atoms with Gasteiger partial charge in [-0.3, -0.25) is 9.69 Å². The van der Waals surface area contributed by atoms with Crippen molar-refractivity contribution in [2.24, 2.45) is 5.73 Å². The number of nitrogens with one attached hydrogen (secondary N) is 1. The lowest BCUT2D eigenvalue weighted by Gasteiger charge is -2.13. The molecule has 0 fully saturated rings. The smallest absolute Gasteiger partial charge is 0.260 e. The topological polar surface area (TPSA) is 62.1 Å². The van der Waals surface area contributed by atoms with Crippen LogP contribution in [-0.2, 0) is 4.79 Å². The number of anilines is 1. The number of carbonyl (C=O) groups is 1. The van der Waals surface area contributed by atoms with Gasteiger partial charge in [0, 0.05) is 17.5 Å². The van der Waals surface area contributed by atoms with Gasteiger partial charge in [-0.25, -0.2) is 0 Å². The van der Waals surface area contributed by atoms with E-state index in [1.54, 1.807) is 4.90 Å². The van der Waals surface area contributed by atoms with E-state index in [0.717, 1.165) is 16.9 Å². The fraction of sp³-hybridized carbons (Fsp3) is 0.0714. The Kier molecular flexibility index (Phi) is 2.50. The van der Waals surface area contributed by atoms with Gasteiger partial charge in [0.05, 0.1) is 17.9 Å². The maximum atomic E-state index is 12.3. The molecule has 0 atom stereocenters. The van der Waals surface area contributed by atoms with Gasteiger partial charge in [-0.05, 0) is 24.3 Å². The first kappa shape index (κ1) is 10.8. The second kappa shape index (κ2) is 4.16. The van der Waals surface area contributed by atoms with Gasteiger partial charge in [0.1, 0.15) is 0 Å². The highest BCUT2D eigenvalue weighted by Gasteiger charge is 2.30. The monoisotopic (exact) mass is 239 g/mol. The van der Waals surface area contributed by atoms with Crippen LogP contribution in [0.15, 0.2) is 42.6 Å². The number of para-hydroxylation sites is 1. The van der Waals surface area contributed by atoms with Gasteiger partial charge in [0.2, 0.25) is 0 Å². The highest BCUT2D eigenvalue weighted by molar-refractivity contribution is 6.35. The molecule has 2 heterocycles. The highest BCUT2D eigenvalue weighted by Crippen LogP contribution is 2.36. The number of carbonyl (C=O) groups excluding carboxylic acids is 1. The van der Waals surface area contributed by atoms with Crippen molar-refractivity contribution in [3.63, 3.8) is 0 Å². The summed E-state index contributed by atoms with van der Waals surface area (Å²) in [5.41, 5.74) is 9.04. The van der Waals surface area contributed by atoms with Crippen molar-refractivity contribution in [3.8, 4) is 0 Å². The lowest BCUT2D eigenvalue weighted by atomic mass is 10.1. The quantitative estimate of drug-likeness (QED) is 0.785. The van der Waals surface area contributed by atoms with E-state index in [0.29, 0.717) is 5.57 Å². The van der Waals surface area contributed by atoms with Crippen molar-refractivity contribution in [1.82, 2.24) is 4.98 Å². The molecule has 0 spiro atoms. The highest BCUT2D eigenvalue weighted by atomic mass is 16.2. The maximum Gasteiger partial charge on any atom is 0.260 e. The first-order chi connectivity index (χ1) is 8.81. The molecule has 4 nitrogen and oxygen atoms in total. The normalized spacial score (nSPS) is 16.4. The van der Waals surface area contributed by atoms with Gasteiger partial charge in [-0.15, -0.1) is 0 Å². The minimum atomic E-state index is -0.0479. The second-order valence-electron chi connectivity index (χ2n) is 4.12. The molecule has 2 aromatic rings. The van der Waals surface area contributed by atoms with E-state index in [9.17, 15) is 4.79 Å². The van der Waals surface area contributed by atoms with Crippen LogP contribution in [0, 0.1) is 0 Å². The van der Waals surface area contributed by atoms with Gasteiger partial charge in [-0.1, -0.05) is 18.2 Å². The van der Waals surface area contributed by atoms with Crippen LogP contribution in [0.2, 0.25) is 0 Å². The largest absolute Gasteiger partial charge is 0.362 e. The van der Waals surface area contributed by atoms with Crippen molar-refractivity contribution in [2.45, 2.75) is 0 Å². The minimum Gasteiger partial charge on any atom is -0.362 e. The molecule has 0 saturated heterocycles. The van der Waals surface area contributed by atoms with Crippen molar-refractivity contribution in [2.75, 3.05) is 11.6 Å². The van der Waals surface area contributed by atoms with Crippen molar-refractivity contribution < 1.29 is 4.79 Å². The Morgan fingerprint density at radius 1 is 1.22 bits per heavy atom. The summed E-state index contributed by atoms with van der Waals surface area (Å²) in [6.45, 7) is 0.192. The van der Waals surface area contributed by atoms with Crippen LogP contribution in [0.5, 0.6) is 0 Å². The third-order valence-corrected chi connectivity index (χ3v) is 3.06. The Morgan fingerprint density at radius 2 is 2.06 bits per heavy atom. The van der Waals surface area contributed by atoms with Crippen molar-refractivity contribution in [3.05, 3.63) is 53.9 Å². The Hall–Kier alpha value is -2.33. The summed E-state index contributed by atoms with van der Waals surface area (Å²) in [5.74, 6) is -0.0479. The molecule has 3 rings (SSSR count). The molecule has 1 aromatic heterocycles. The average molecular weight is 239 g/mol. The average Bonchev–Trinajstić information content (AvgIpc) is 2.98. The van der Waals surface area contributed by atoms with Gasteiger partial charge >= 0.3 is 0 Å². The molecule has 90 valence electrons. The number of benzene rings is 1. The van der Waals surface area contributed by atoms with Crippen LogP contribution in [0.25, 0.3) is 11.6 Å². The summed E-state index contributed by atoms with van der Waals surface area (Å²) in [7, 11) is 0. The van der Waals surface area contributed by atoms with Crippen LogP contribution in [0.4, 0.5) is 5.69 Å². The number of fused-ring (bicyclic) bond motifs is 1. The van der Waals surface area contributed by atoms with Gasteiger partial charge in [0.15, 0.2) is 0 Å². The number of aromatic amines is 1. The van der Waals surface area contributed by atoms with Crippen LogP contribution >= 0.6 is 0 Å². The van der Waals surface area contributed by atoms with E-state index in [1.807, 2.05) is 48.7 Å². The molecule has 4 heteroatoms. The number of aromatic nitrogens is 1. The van der Waals surface area contributed by atoms with Gasteiger partial charge in [0.25, 0.3) is 5.91 Å². The summed E-state index contributed by atoms with van der Waals surface area (Å²) in [4.78, 5) is 16.9. The Balaban J connectivity index is 2.14. The fourth-order valence-corrected chi connectivity index (χ4v) is 2.22. The van der Waals surface area contributed by atoms with Gasteiger partial charge in [-0.2, -0.15) is 0 Å². The molecular formula is C14H13N3O. The van der Waals surface area contributed by atoms with Crippen LogP contribution < -0.4 is 10.6 Å². The summed E-state index contributed by atoms with van der Waals surface area (Å²) >= 11 is 0. The molecule has 1 aliphatic heterocycles. The number of nitrogens with two attached hydrogens (primary N) is 1. The van der Waals surface area contributed by atoms with E-state index in [-0.39, 0.29) is 12.6 Å². The molecule has 0 aliphatic carbocycles. The SMILES string of the molecule is NCN1C(=O)/C(=C\c2ccc[nH]2)c2ccccc21. The molecule has 0 unspecified atom stereocenters. The van der Waals surface area contributed by atoms with E-state index in [2.05, 4.69) is 4.98 Å². The van der Waals surface area contributed by atoms with E-state index in [1.165, 1.54) is 0 Å². The molecule has 18 heavy (non-hydrogen) atoms. The summed E-state index contributed by atoms with van der Waals surface area (Å²) < 4.78 is 0. The number of rotatable bonds is 2. The first-order valence-electron chi connectivity index (χ1n) is 5.77. The Bertz CT molecular complexity index is 614. The summed E-state index contributed by atoms with van der Waals surface area (Å²) in [6.07, 6.45) is 3.69. The lowest BCUT2D eigenvalue weighted by molar-refractivity contribution is -0.112. The Labute approximate surface area is 105 Å². The molecule has 0 bridgehead atoms. The second-order valence-corrected chi connectivity index (χ2v) is 4.12. The van der Waals surface area contributed by atoms with Crippen LogP contribution in [0.3, 0.4) is 0 Å². The number of amides is 1. The number of H-pyrrole nitrogens is 1. The van der Waals surface area contributed by atoms with Crippen molar-refractivity contribution >= 4 is 23.2 Å². The number of hydrogen-bond acceptors (Lipinski definition) is 2. The van der Waals surface area contributed by atoms with Crippen molar-refractivity contribution in [1.29, 1.82) is 0 Å². The molecular weight excluding hydrogens is 226 g/mol. The minimum absolute atomic E-state index is 0.0479. The zero-order valence-corrected chi connectivity index (χ0v) is 9.76. The predicted octanol–water partition coefficient (Wildman–Crippen LogP) is 1.82. The third kappa shape index (κ3) is 1.55. The first-order valence-corrected chi connectivity index (χ1v) is 5.77. The third-order valence-electron chi connectivity index (χ3n) is 3.06. The predicted molar refractivity (Wildman–Crippen MR) is 71.6 cm³/mol. The molecule has 0 saturated carbocycles. The maximum absolute atomic E-state index is 12.3. The van der Waals surface area contributed by atoms with E-state index in [4.69, 9.17) is 5.73 Å². The Morgan fingerprint density at radius 3 is 2.78 bits per heavy atom. The standard InChI is InChI=1S/C14H13N3O/c15-9-17-13-6-2-1-5-11(13)12(14(17)18)8-10-4-3-7-16-10/h1-8,16H,9,15H2/b12-8-. The molecule has 1 amide bonds. The molecule has 1 aliphatic rings. The fourth-order valence-electron chi connectivity index (χ4n) is 2.22. The zero-order valence-electron chi connectivity index (χ0n) is 9.76. The van der Waals surface area contributed by atoms with Crippen LogP contribution in [-0.4, -0.2) is 17.6 Å². The number of hydrogen-bond donors (Lipinski definition) is 2. The van der Waals surface area contributed by atoms with Crippen LogP contribution in [0.1, 0.15) is 11.3 Å². The molecule has 0 radical (unpaired) electrons. The molecule has 3 N–H and O–H groups in total. The van der Waals surface area contributed by atoms with E-state index < -0.39 is 0 Å². The van der Waals surface area contributed by atoms with Gasteiger partial charge < -0.3 is 10.7 Å². The summed E-state index contributed by atoms with van der Waals surface area (Å²) in [5, 5.41) is 0. The van der Waals surface area contributed by atoms with E-state index >= 15 is 0 Å². The molecule has 1 aromatic carbocycles. The number of nitrogens with zero attached hydrogens (tertiary/aromatic N) is 1. The summed E-state index contributed by atoms with van der Waals surface area (Å²) in [6, 6.07) is 11.5. The zero-order chi connectivity index (χ0) is 12.5. The lowest BCUT2D eigenvalue weighted by Crippen LogP contribution is -2.32.